The second kappa shape index (κ2) is 7.27. The molecule has 0 aliphatic heterocycles. The average molecular weight is 398 g/mol. The van der Waals surface area contributed by atoms with Crippen molar-refractivity contribution in [2.75, 3.05) is 0 Å². The molecule has 3 rings (SSSR count). The van der Waals surface area contributed by atoms with Crippen molar-refractivity contribution in [1.29, 1.82) is 5.41 Å². The topological polar surface area (TPSA) is 113 Å². The summed E-state index contributed by atoms with van der Waals surface area (Å²) in [5, 5.41) is 29.8. The zero-order valence-corrected chi connectivity index (χ0v) is 17.2. The van der Waals surface area contributed by atoms with Crippen LogP contribution in [0.5, 0.6) is 5.88 Å². The van der Waals surface area contributed by atoms with Crippen LogP contribution in [0, 0.1) is 11.3 Å². The Labute approximate surface area is 168 Å². The minimum Gasteiger partial charge on any atom is -0.492 e. The molecule has 3 aromatic rings. The molecule has 0 amide bonds. The largest absolute Gasteiger partial charge is 0.492 e. The first-order valence-corrected chi connectivity index (χ1v) is 9.42. The maximum absolute atomic E-state index is 12.7. The summed E-state index contributed by atoms with van der Waals surface area (Å²) >= 11 is 0. The fourth-order valence-electron chi connectivity index (χ4n) is 3.14. The number of hydrogen-bond donors (Lipinski definition) is 3. The molecule has 0 saturated carbocycles. The van der Waals surface area contributed by atoms with Gasteiger partial charge >= 0.3 is 6.09 Å². The van der Waals surface area contributed by atoms with Crippen LogP contribution in [0.1, 0.15) is 40.3 Å². The summed E-state index contributed by atoms with van der Waals surface area (Å²) in [6, 6.07) is 7.13. The number of aromatic hydroxyl groups is 1. The predicted molar refractivity (Wildman–Crippen MR) is 108 cm³/mol. The number of benzene rings is 1. The molecule has 0 spiro atoms. The van der Waals surface area contributed by atoms with E-state index in [0.717, 1.165) is 0 Å². The lowest BCUT2D eigenvalue weighted by Gasteiger charge is -2.19. The highest BCUT2D eigenvalue weighted by Gasteiger charge is 2.23. The van der Waals surface area contributed by atoms with Gasteiger partial charge in [-0.15, -0.1) is 0 Å². The molecule has 8 nitrogen and oxygen atoms in total. The number of carbonyl (C=O) groups excluding carboxylic acids is 1. The predicted octanol–water partition coefficient (Wildman–Crippen LogP) is 3.91. The Morgan fingerprint density at radius 1 is 1.28 bits per heavy atom. The van der Waals surface area contributed by atoms with Crippen molar-refractivity contribution in [3.05, 3.63) is 41.6 Å². The molecule has 0 atom stereocenters. The van der Waals surface area contributed by atoms with E-state index in [1.807, 2.05) is 13.8 Å². The Kier molecular flexibility index (Phi) is 5.13. The highest BCUT2D eigenvalue weighted by Crippen LogP contribution is 2.30. The third kappa shape index (κ3) is 3.96. The van der Waals surface area contributed by atoms with Gasteiger partial charge in [-0.05, 0) is 39.2 Å². The van der Waals surface area contributed by atoms with Crippen LogP contribution < -0.4 is 5.49 Å². The number of rotatable bonds is 3. The van der Waals surface area contributed by atoms with Gasteiger partial charge in [0.1, 0.15) is 17.0 Å². The zero-order valence-electron chi connectivity index (χ0n) is 17.2. The van der Waals surface area contributed by atoms with Gasteiger partial charge in [-0.3, -0.25) is 9.98 Å². The summed E-state index contributed by atoms with van der Waals surface area (Å²) in [5.74, 6) is -0.193. The van der Waals surface area contributed by atoms with Crippen LogP contribution in [0.4, 0.5) is 4.79 Å². The summed E-state index contributed by atoms with van der Waals surface area (Å²) in [5.41, 5.74) is 0.303. The van der Waals surface area contributed by atoms with Crippen LogP contribution in [0.25, 0.3) is 22.2 Å². The molecular formula is C21H26N4O4. The molecular weight excluding hydrogens is 372 g/mol. The van der Waals surface area contributed by atoms with Gasteiger partial charge in [-0.1, -0.05) is 32.0 Å². The molecule has 154 valence electrons. The lowest BCUT2D eigenvalue weighted by atomic mass is 10.1. The van der Waals surface area contributed by atoms with E-state index in [-0.39, 0.29) is 28.7 Å². The molecule has 8 heteroatoms. The number of nitrogens with one attached hydrogen (secondary N) is 1. The van der Waals surface area contributed by atoms with Gasteiger partial charge in [0.25, 0.3) is 0 Å². The summed E-state index contributed by atoms with van der Waals surface area (Å²) in [6.45, 7) is 9.21. The maximum atomic E-state index is 12.7. The normalized spacial score (nSPS) is 11.9. The second-order valence-electron chi connectivity index (χ2n) is 8.40. The summed E-state index contributed by atoms with van der Waals surface area (Å²) < 4.78 is 7.47. The first kappa shape index (κ1) is 20.4. The molecule has 0 fully saturated rings. The second-order valence-corrected chi connectivity index (χ2v) is 8.40. The number of nitrogens with zero attached hydrogens (tertiary/aromatic N) is 3. The van der Waals surface area contributed by atoms with Crippen molar-refractivity contribution in [2.24, 2.45) is 5.92 Å². The fourth-order valence-corrected chi connectivity index (χ4v) is 3.14. The molecule has 0 unspecified atom stereocenters. The van der Waals surface area contributed by atoms with Gasteiger partial charge in [-0.2, -0.15) is 4.73 Å². The number of para-hydroxylation sites is 1. The van der Waals surface area contributed by atoms with Crippen molar-refractivity contribution < 1.29 is 19.8 Å². The monoisotopic (exact) mass is 398 g/mol. The highest BCUT2D eigenvalue weighted by molar-refractivity contribution is 5.99. The highest BCUT2D eigenvalue weighted by atomic mass is 16.6. The number of hydrogen-bond acceptors (Lipinski definition) is 6. The van der Waals surface area contributed by atoms with Crippen LogP contribution in [-0.4, -0.2) is 36.3 Å². The van der Waals surface area contributed by atoms with Gasteiger partial charge < -0.3 is 15.1 Å². The van der Waals surface area contributed by atoms with Crippen molar-refractivity contribution in [2.45, 2.75) is 46.6 Å². The van der Waals surface area contributed by atoms with E-state index < -0.39 is 11.7 Å². The van der Waals surface area contributed by atoms with Crippen molar-refractivity contribution in [3.63, 3.8) is 0 Å². The Balaban J connectivity index is 2.22. The fraction of sp³-hybridized carbons (Fsp3) is 0.381. The van der Waals surface area contributed by atoms with Crippen molar-refractivity contribution in [3.8, 4) is 17.1 Å². The van der Waals surface area contributed by atoms with Crippen LogP contribution in [-0.2, 0) is 11.2 Å². The molecule has 0 bridgehead atoms. The smallest absolute Gasteiger partial charge is 0.419 e. The lowest BCUT2D eigenvalue weighted by Crippen LogP contribution is -2.27. The van der Waals surface area contributed by atoms with Crippen molar-refractivity contribution in [1.82, 2.24) is 14.3 Å². The van der Waals surface area contributed by atoms with E-state index in [0.29, 0.717) is 27.6 Å². The van der Waals surface area contributed by atoms with Gasteiger partial charge in [0.2, 0.25) is 5.88 Å². The molecule has 2 heterocycles. The molecule has 0 aliphatic carbocycles. The summed E-state index contributed by atoms with van der Waals surface area (Å²) in [4.78, 5) is 16.9. The van der Waals surface area contributed by atoms with E-state index in [4.69, 9.17) is 10.1 Å². The van der Waals surface area contributed by atoms with Crippen LogP contribution in [0.3, 0.4) is 0 Å². The Morgan fingerprint density at radius 2 is 1.93 bits per heavy atom. The lowest BCUT2D eigenvalue weighted by molar-refractivity contribution is 0.0544. The van der Waals surface area contributed by atoms with Gasteiger partial charge in [0, 0.05) is 17.1 Å². The average Bonchev–Trinajstić information content (AvgIpc) is 3.00. The number of carbonyl (C=O) groups is 1. The summed E-state index contributed by atoms with van der Waals surface area (Å²) in [7, 11) is 0. The minimum absolute atomic E-state index is 0.0658. The number of fused-ring (bicyclic) bond motifs is 1. The van der Waals surface area contributed by atoms with Gasteiger partial charge in [0.05, 0.1) is 5.52 Å². The third-order valence-corrected chi connectivity index (χ3v) is 4.33. The summed E-state index contributed by atoms with van der Waals surface area (Å²) in [6.07, 6.45) is 1.31. The van der Waals surface area contributed by atoms with E-state index >= 15 is 0 Å². The van der Waals surface area contributed by atoms with E-state index in [1.165, 1.54) is 10.8 Å². The standard InChI is InChI=1S/C21H26N4O4/c1-12(2)10-16-19(26)23-17(18(22)25(16)28)14-11-24(20(27)29-21(3,4)5)15-9-7-6-8-13(14)15/h6-9,11-12,22,26,28H,10H2,1-5H3. The Morgan fingerprint density at radius 3 is 2.55 bits per heavy atom. The van der Waals surface area contributed by atoms with Crippen molar-refractivity contribution >= 4 is 17.0 Å². The van der Waals surface area contributed by atoms with E-state index in [9.17, 15) is 15.1 Å². The molecule has 0 saturated heterocycles. The molecule has 29 heavy (non-hydrogen) atoms. The van der Waals surface area contributed by atoms with Crippen LogP contribution in [0.2, 0.25) is 0 Å². The molecule has 0 aliphatic rings. The molecule has 0 radical (unpaired) electrons. The first-order chi connectivity index (χ1) is 13.5. The Bertz CT molecular complexity index is 1140. The third-order valence-electron chi connectivity index (χ3n) is 4.33. The SMILES string of the molecule is CC(C)Cc1c(O)nc(-c2cn(C(=O)OC(C)(C)C)c3ccccc23)c(=N)n1O. The van der Waals surface area contributed by atoms with E-state index in [2.05, 4.69) is 4.98 Å². The minimum atomic E-state index is -0.674. The maximum Gasteiger partial charge on any atom is 0.419 e. The Hall–Kier alpha value is -3.29. The van der Waals surface area contributed by atoms with E-state index in [1.54, 1.807) is 45.0 Å². The molecule has 3 N–H and O–H groups in total. The quantitative estimate of drug-likeness (QED) is 0.579. The molecule has 2 aromatic heterocycles. The van der Waals surface area contributed by atoms with Crippen LogP contribution >= 0.6 is 0 Å². The molecule has 1 aromatic carbocycles. The van der Waals surface area contributed by atoms with Gasteiger partial charge in [0.15, 0.2) is 5.49 Å². The number of ether oxygens (including phenoxy) is 1. The first-order valence-electron chi connectivity index (χ1n) is 9.42. The number of aromatic nitrogens is 3. The zero-order chi connectivity index (χ0) is 21.5. The van der Waals surface area contributed by atoms with Crippen LogP contribution in [0.15, 0.2) is 30.5 Å². The van der Waals surface area contributed by atoms with Gasteiger partial charge in [-0.25, -0.2) is 9.78 Å².